The number of carbonyl (C=O) groups excluding carboxylic acids is 1. The molecule has 1 aliphatic heterocycles. The van der Waals surface area contributed by atoms with Crippen molar-refractivity contribution in [1.82, 2.24) is 16.0 Å². The number of ether oxygens (including phenoxy) is 1. The van der Waals surface area contributed by atoms with Crippen LogP contribution >= 0.6 is 34.2 Å². The van der Waals surface area contributed by atoms with E-state index < -0.39 is 6.17 Å². The second kappa shape index (κ2) is 13.0. The number of nitrogens with zero attached hydrogens (tertiary/aromatic N) is 1. The van der Waals surface area contributed by atoms with Crippen LogP contribution in [0.1, 0.15) is 37.7 Å². The summed E-state index contributed by atoms with van der Waals surface area (Å²) >= 11 is 8.51. The van der Waals surface area contributed by atoms with Gasteiger partial charge in [0, 0.05) is 48.5 Å². The third kappa shape index (κ3) is 7.05. The predicted molar refractivity (Wildman–Crippen MR) is 143 cm³/mol. The van der Waals surface area contributed by atoms with Crippen molar-refractivity contribution in [3.63, 3.8) is 0 Å². The first kappa shape index (κ1) is 27.2. The first-order valence-corrected chi connectivity index (χ1v) is 13.2. The topological polar surface area (TPSA) is 101 Å². The summed E-state index contributed by atoms with van der Waals surface area (Å²) in [6.07, 6.45) is 1.21. The molecule has 1 saturated heterocycles. The van der Waals surface area contributed by atoms with Gasteiger partial charge < -0.3 is 26.4 Å². The van der Waals surface area contributed by atoms with Crippen LogP contribution in [-0.2, 0) is 9.53 Å². The van der Waals surface area contributed by atoms with Crippen molar-refractivity contribution >= 4 is 45.9 Å². The molecule has 34 heavy (non-hydrogen) atoms. The second-order valence-corrected chi connectivity index (χ2v) is 10.3. The van der Waals surface area contributed by atoms with Crippen molar-refractivity contribution < 1.29 is 13.9 Å². The lowest BCUT2D eigenvalue weighted by atomic mass is 9.97. The maximum absolute atomic E-state index is 14.1. The van der Waals surface area contributed by atoms with Gasteiger partial charge in [-0.2, -0.15) is 0 Å². The monoisotopic (exact) mass is 605 g/mol. The summed E-state index contributed by atoms with van der Waals surface area (Å²) in [6, 6.07) is 6.05. The summed E-state index contributed by atoms with van der Waals surface area (Å²) in [6.45, 7) is 4.56. The van der Waals surface area contributed by atoms with Gasteiger partial charge in [0.05, 0.1) is 23.2 Å². The highest BCUT2D eigenvalue weighted by Gasteiger charge is 2.32. The smallest absolute Gasteiger partial charge is 0.228 e. The molecule has 10 heteroatoms. The van der Waals surface area contributed by atoms with Crippen LogP contribution < -0.4 is 21.7 Å². The van der Waals surface area contributed by atoms with Crippen molar-refractivity contribution in [3.8, 4) is 0 Å². The molecule has 0 aromatic heterocycles. The first-order valence-electron chi connectivity index (χ1n) is 11.7. The van der Waals surface area contributed by atoms with E-state index in [1.807, 2.05) is 25.1 Å². The number of hydrogen-bond acceptors (Lipinski definition) is 5. The molecule has 3 atom stereocenters. The average molecular weight is 606 g/mol. The van der Waals surface area contributed by atoms with Crippen molar-refractivity contribution in [2.45, 2.75) is 44.3 Å². The number of allylic oxidation sites excluding steroid dienone is 1. The van der Waals surface area contributed by atoms with Gasteiger partial charge in [0.1, 0.15) is 12.0 Å². The molecule has 3 rings (SSSR count). The SMILES string of the molecule is CNC1=C(C(N)=NCCNC(=O)[C@H](CNC2CCOCC2)c2ccc(I)c(Cl)c2)[C@H](C)C[C@@H]1F. The fourth-order valence-electron chi connectivity index (χ4n) is 4.50. The lowest BCUT2D eigenvalue weighted by Crippen LogP contribution is -2.41. The predicted octanol–water partition coefficient (Wildman–Crippen LogP) is 3.12. The number of alkyl halides is 1. The van der Waals surface area contributed by atoms with Gasteiger partial charge in [-0.3, -0.25) is 9.79 Å². The van der Waals surface area contributed by atoms with Gasteiger partial charge in [-0.25, -0.2) is 4.39 Å². The van der Waals surface area contributed by atoms with Crippen LogP contribution in [0.4, 0.5) is 4.39 Å². The number of amidine groups is 1. The Morgan fingerprint density at radius 2 is 2.12 bits per heavy atom. The molecule has 1 heterocycles. The van der Waals surface area contributed by atoms with Gasteiger partial charge >= 0.3 is 0 Å². The van der Waals surface area contributed by atoms with Crippen molar-refractivity contribution in [3.05, 3.63) is 43.6 Å². The Kier molecular flexibility index (Phi) is 10.4. The Hall–Kier alpha value is -1.43. The Bertz CT molecular complexity index is 923. The van der Waals surface area contributed by atoms with E-state index in [0.717, 1.165) is 40.8 Å². The number of amides is 1. The van der Waals surface area contributed by atoms with Gasteiger partial charge in [0.2, 0.25) is 5.91 Å². The largest absolute Gasteiger partial charge is 0.389 e. The molecule has 7 nitrogen and oxygen atoms in total. The Morgan fingerprint density at radius 3 is 2.79 bits per heavy atom. The lowest BCUT2D eigenvalue weighted by Gasteiger charge is -2.26. The molecule has 1 aliphatic carbocycles. The van der Waals surface area contributed by atoms with Crippen LogP contribution in [0.3, 0.4) is 0 Å². The molecule has 0 bridgehead atoms. The molecule has 0 spiro atoms. The Balaban J connectivity index is 1.62. The van der Waals surface area contributed by atoms with Crippen LogP contribution in [0.15, 0.2) is 34.5 Å². The molecule has 1 fully saturated rings. The normalized spacial score (nSPS) is 22.7. The zero-order valence-electron chi connectivity index (χ0n) is 19.7. The minimum atomic E-state index is -1.05. The molecule has 1 aromatic carbocycles. The van der Waals surface area contributed by atoms with Gasteiger partial charge in [0.15, 0.2) is 0 Å². The molecule has 0 radical (unpaired) electrons. The number of rotatable bonds is 10. The zero-order chi connectivity index (χ0) is 24.7. The summed E-state index contributed by atoms with van der Waals surface area (Å²) in [5, 5.41) is 10.0. The van der Waals surface area contributed by atoms with Crippen molar-refractivity contribution in [2.75, 3.05) is 39.9 Å². The summed E-state index contributed by atoms with van der Waals surface area (Å²) in [5.41, 5.74) is 8.26. The minimum Gasteiger partial charge on any atom is -0.389 e. The fourth-order valence-corrected chi connectivity index (χ4v) is 5.03. The highest BCUT2D eigenvalue weighted by atomic mass is 127. The van der Waals surface area contributed by atoms with E-state index >= 15 is 0 Å². The molecular weight excluding hydrogens is 572 g/mol. The molecular formula is C24H34ClFIN5O2. The molecule has 1 amide bonds. The van der Waals surface area contributed by atoms with Crippen LogP contribution in [0.2, 0.25) is 5.02 Å². The van der Waals surface area contributed by atoms with Crippen LogP contribution in [0.5, 0.6) is 0 Å². The summed E-state index contributed by atoms with van der Waals surface area (Å²) < 4.78 is 20.5. The minimum absolute atomic E-state index is 0.00191. The number of carbonyl (C=O) groups is 1. The molecule has 5 N–H and O–H groups in total. The first-order chi connectivity index (χ1) is 16.3. The van der Waals surface area contributed by atoms with Crippen LogP contribution in [0, 0.1) is 9.49 Å². The van der Waals surface area contributed by atoms with E-state index in [9.17, 15) is 9.18 Å². The highest BCUT2D eigenvalue weighted by molar-refractivity contribution is 14.1. The Morgan fingerprint density at radius 1 is 1.38 bits per heavy atom. The van der Waals surface area contributed by atoms with Gasteiger partial charge in [0.25, 0.3) is 0 Å². The molecule has 0 saturated carbocycles. The van der Waals surface area contributed by atoms with Gasteiger partial charge in [-0.05, 0) is 65.5 Å². The summed E-state index contributed by atoms with van der Waals surface area (Å²) in [5.74, 6) is -0.159. The number of nitrogens with one attached hydrogen (secondary N) is 3. The zero-order valence-corrected chi connectivity index (χ0v) is 22.6. The number of benzene rings is 1. The third-order valence-electron chi connectivity index (χ3n) is 6.39. The summed E-state index contributed by atoms with van der Waals surface area (Å²) in [4.78, 5) is 17.5. The third-order valence-corrected chi connectivity index (χ3v) is 7.96. The number of aliphatic imine (C=N–C) groups is 1. The highest BCUT2D eigenvalue weighted by Crippen LogP contribution is 2.32. The van der Waals surface area contributed by atoms with E-state index in [1.54, 1.807) is 7.05 Å². The maximum atomic E-state index is 14.1. The maximum Gasteiger partial charge on any atom is 0.228 e. The molecule has 0 unspecified atom stereocenters. The van der Waals surface area contributed by atoms with Crippen molar-refractivity contribution in [2.24, 2.45) is 16.6 Å². The van der Waals surface area contributed by atoms with E-state index in [2.05, 4.69) is 43.5 Å². The van der Waals surface area contributed by atoms with Crippen LogP contribution in [0.25, 0.3) is 0 Å². The van der Waals surface area contributed by atoms with Crippen LogP contribution in [-0.4, -0.2) is 63.9 Å². The molecule has 1 aromatic rings. The quantitative estimate of drug-likeness (QED) is 0.142. The molecule has 188 valence electrons. The number of nitrogens with two attached hydrogens (primary N) is 1. The number of hydrogen-bond donors (Lipinski definition) is 4. The van der Waals surface area contributed by atoms with E-state index in [0.29, 0.717) is 48.7 Å². The summed E-state index contributed by atoms with van der Waals surface area (Å²) in [7, 11) is 1.69. The van der Waals surface area contributed by atoms with Gasteiger partial charge in [-0.15, -0.1) is 0 Å². The number of halogens is 3. The van der Waals surface area contributed by atoms with E-state index in [1.165, 1.54) is 0 Å². The van der Waals surface area contributed by atoms with E-state index in [4.69, 9.17) is 22.1 Å². The standard InChI is InChI=1S/C24H34ClFIN5O2/c1-14-11-19(26)22(29-2)21(14)23(28)30-7-8-31-24(33)17(13-32-16-5-9-34-10-6-16)15-3-4-20(27)18(25)12-15/h3-4,12,14,16-17,19,29,32H,5-11,13H2,1-2H3,(H2,28,30)(H,31,33)/t14-,17-,19+/m1/s1. The fraction of sp³-hybridized carbons (Fsp3) is 0.583. The van der Waals surface area contributed by atoms with Gasteiger partial charge in [-0.1, -0.05) is 24.6 Å². The second-order valence-electron chi connectivity index (χ2n) is 8.76. The molecule has 2 aliphatic rings. The van der Waals surface area contributed by atoms with E-state index in [-0.39, 0.29) is 17.7 Å². The lowest BCUT2D eigenvalue weighted by molar-refractivity contribution is -0.122. The Labute approximate surface area is 219 Å². The van der Waals surface area contributed by atoms with Crippen molar-refractivity contribution in [1.29, 1.82) is 0 Å². The average Bonchev–Trinajstić information content (AvgIpc) is 3.12.